The Labute approximate surface area is 135 Å². The summed E-state index contributed by atoms with van der Waals surface area (Å²) in [5, 5.41) is 13.5. The van der Waals surface area contributed by atoms with Gasteiger partial charge in [0.15, 0.2) is 0 Å². The lowest BCUT2D eigenvalue weighted by Gasteiger charge is -1.96. The molecular weight excluding hydrogens is 314 g/mol. The summed E-state index contributed by atoms with van der Waals surface area (Å²) >= 11 is 5.83. The van der Waals surface area contributed by atoms with Crippen molar-refractivity contribution in [3.05, 3.63) is 69.5 Å². The van der Waals surface area contributed by atoms with E-state index in [-0.39, 0.29) is 5.56 Å². The van der Waals surface area contributed by atoms with E-state index < -0.39 is 0 Å². The van der Waals surface area contributed by atoms with Gasteiger partial charge in [0.25, 0.3) is 0 Å². The molecule has 0 amide bonds. The molecule has 6 nitrogen and oxygen atoms in total. The molecule has 2 heterocycles. The Morgan fingerprint density at radius 1 is 1.13 bits per heavy atom. The molecule has 23 heavy (non-hydrogen) atoms. The molecule has 112 valence electrons. The van der Waals surface area contributed by atoms with Gasteiger partial charge in [0.2, 0.25) is 0 Å². The zero-order chi connectivity index (χ0) is 15.8. The van der Waals surface area contributed by atoms with Crippen LogP contribution in [-0.2, 0) is 0 Å². The van der Waals surface area contributed by atoms with E-state index >= 15 is 0 Å². The third-order valence-electron chi connectivity index (χ3n) is 3.49. The van der Waals surface area contributed by atoms with Gasteiger partial charge in [0.1, 0.15) is 11.0 Å². The van der Waals surface area contributed by atoms with Crippen LogP contribution in [0.5, 0.6) is 0 Å². The maximum absolute atomic E-state index is 12.5. The SMILES string of the molecule is O=c1c2[nH]c3ccccc3c2nnn1/N=C/c1ccc(Cl)cc1. The second-order valence-electron chi connectivity index (χ2n) is 4.97. The van der Waals surface area contributed by atoms with E-state index in [4.69, 9.17) is 11.6 Å². The predicted molar refractivity (Wildman–Crippen MR) is 90.1 cm³/mol. The highest BCUT2D eigenvalue weighted by atomic mass is 35.5. The fourth-order valence-electron chi connectivity index (χ4n) is 2.36. The molecular formula is C16H10ClN5O. The second kappa shape index (κ2) is 5.33. The first-order chi connectivity index (χ1) is 11.2. The van der Waals surface area contributed by atoms with Crippen LogP contribution in [-0.4, -0.2) is 26.3 Å². The monoisotopic (exact) mass is 323 g/mol. The summed E-state index contributed by atoms with van der Waals surface area (Å²) in [6.07, 6.45) is 1.53. The number of nitrogens with one attached hydrogen (secondary N) is 1. The van der Waals surface area contributed by atoms with Crippen molar-refractivity contribution in [3.8, 4) is 0 Å². The molecule has 0 saturated carbocycles. The van der Waals surface area contributed by atoms with Crippen LogP contribution < -0.4 is 5.56 Å². The van der Waals surface area contributed by atoms with Crippen LogP contribution in [0.4, 0.5) is 0 Å². The first kappa shape index (κ1) is 13.7. The van der Waals surface area contributed by atoms with E-state index in [2.05, 4.69) is 20.4 Å². The fourth-order valence-corrected chi connectivity index (χ4v) is 2.49. The normalized spacial score (nSPS) is 11.7. The minimum atomic E-state index is -0.351. The number of para-hydroxylation sites is 1. The molecule has 0 aliphatic rings. The maximum Gasteiger partial charge on any atom is 0.315 e. The maximum atomic E-state index is 12.5. The molecule has 0 atom stereocenters. The Morgan fingerprint density at radius 2 is 1.91 bits per heavy atom. The lowest BCUT2D eigenvalue weighted by Crippen LogP contribution is -2.20. The van der Waals surface area contributed by atoms with Crippen LogP contribution in [0.2, 0.25) is 5.02 Å². The lowest BCUT2D eigenvalue weighted by atomic mass is 10.2. The van der Waals surface area contributed by atoms with Crippen LogP contribution in [0, 0.1) is 0 Å². The quantitative estimate of drug-likeness (QED) is 0.576. The summed E-state index contributed by atoms with van der Waals surface area (Å²) in [4.78, 5) is 16.5. The Balaban J connectivity index is 1.82. The first-order valence-electron chi connectivity index (χ1n) is 6.89. The summed E-state index contributed by atoms with van der Waals surface area (Å²) < 4.78 is 0. The van der Waals surface area contributed by atoms with E-state index in [0.717, 1.165) is 21.3 Å². The molecule has 7 heteroatoms. The summed E-state index contributed by atoms with van der Waals surface area (Å²) in [7, 11) is 0. The standard InChI is InChI=1S/C16H10ClN5O/c17-11-7-5-10(6-8-11)9-18-22-16(23)15-14(20-21-22)12-3-1-2-4-13(12)19-15/h1-9,19H/b18-9+. The number of hydrogen-bond donors (Lipinski definition) is 1. The molecule has 0 unspecified atom stereocenters. The zero-order valence-corrected chi connectivity index (χ0v) is 12.5. The van der Waals surface area contributed by atoms with Gasteiger partial charge < -0.3 is 4.98 Å². The molecule has 0 fully saturated rings. The van der Waals surface area contributed by atoms with Crippen molar-refractivity contribution in [3.63, 3.8) is 0 Å². The minimum absolute atomic E-state index is 0.351. The first-order valence-corrected chi connectivity index (χ1v) is 7.26. The van der Waals surface area contributed by atoms with Gasteiger partial charge in [0.05, 0.1) is 6.21 Å². The van der Waals surface area contributed by atoms with Crippen molar-refractivity contribution in [2.24, 2.45) is 5.10 Å². The van der Waals surface area contributed by atoms with Gasteiger partial charge in [-0.05, 0) is 29.0 Å². The number of aromatic nitrogens is 4. The van der Waals surface area contributed by atoms with Gasteiger partial charge in [-0.1, -0.05) is 46.7 Å². The Hall–Kier alpha value is -2.99. The lowest BCUT2D eigenvalue weighted by molar-refractivity contribution is 0.640. The summed E-state index contributed by atoms with van der Waals surface area (Å²) in [6, 6.07) is 14.7. The van der Waals surface area contributed by atoms with Gasteiger partial charge >= 0.3 is 5.56 Å². The number of H-pyrrole nitrogens is 1. The van der Waals surface area contributed by atoms with Gasteiger partial charge in [-0.15, -0.1) is 5.10 Å². The largest absolute Gasteiger partial charge is 0.348 e. The van der Waals surface area contributed by atoms with Crippen LogP contribution >= 0.6 is 11.6 Å². The zero-order valence-electron chi connectivity index (χ0n) is 11.8. The molecule has 4 aromatic rings. The van der Waals surface area contributed by atoms with Gasteiger partial charge in [-0.25, -0.2) is 0 Å². The highest BCUT2D eigenvalue weighted by Gasteiger charge is 2.10. The average Bonchev–Trinajstić information content (AvgIpc) is 2.95. The molecule has 4 rings (SSSR count). The third-order valence-corrected chi connectivity index (χ3v) is 3.74. The fraction of sp³-hybridized carbons (Fsp3) is 0. The topological polar surface area (TPSA) is 75.9 Å². The number of fused-ring (bicyclic) bond motifs is 3. The molecule has 0 spiro atoms. The summed E-state index contributed by atoms with van der Waals surface area (Å²) in [6.45, 7) is 0. The molecule has 0 aliphatic carbocycles. The van der Waals surface area contributed by atoms with Crippen molar-refractivity contribution < 1.29 is 0 Å². The number of hydrogen-bond acceptors (Lipinski definition) is 4. The second-order valence-corrected chi connectivity index (χ2v) is 5.41. The number of benzene rings is 2. The molecule has 2 aromatic heterocycles. The molecule has 0 bridgehead atoms. The number of aromatic amines is 1. The molecule has 1 N–H and O–H groups in total. The van der Waals surface area contributed by atoms with Crippen LogP contribution in [0.1, 0.15) is 5.56 Å². The Morgan fingerprint density at radius 3 is 2.74 bits per heavy atom. The van der Waals surface area contributed by atoms with E-state index in [9.17, 15) is 4.79 Å². The van der Waals surface area contributed by atoms with Crippen molar-refractivity contribution in [2.45, 2.75) is 0 Å². The average molecular weight is 324 g/mol. The molecule has 0 aliphatic heterocycles. The van der Waals surface area contributed by atoms with E-state index in [1.165, 1.54) is 6.21 Å². The smallest absolute Gasteiger partial charge is 0.315 e. The molecule has 0 saturated heterocycles. The van der Waals surface area contributed by atoms with Crippen LogP contribution in [0.25, 0.3) is 21.9 Å². The minimum Gasteiger partial charge on any atom is -0.348 e. The van der Waals surface area contributed by atoms with Crippen LogP contribution in [0.15, 0.2) is 58.4 Å². The van der Waals surface area contributed by atoms with E-state index in [1.807, 2.05) is 24.3 Å². The molecule has 0 radical (unpaired) electrons. The van der Waals surface area contributed by atoms with E-state index in [0.29, 0.717) is 16.1 Å². The van der Waals surface area contributed by atoms with Gasteiger partial charge in [-0.2, -0.15) is 5.10 Å². The number of rotatable bonds is 2. The van der Waals surface area contributed by atoms with Crippen LogP contribution in [0.3, 0.4) is 0 Å². The highest BCUT2D eigenvalue weighted by Crippen LogP contribution is 2.19. The number of halogens is 1. The van der Waals surface area contributed by atoms with Crippen molar-refractivity contribution in [1.29, 1.82) is 0 Å². The Kier molecular flexibility index (Phi) is 3.17. The van der Waals surface area contributed by atoms with E-state index in [1.54, 1.807) is 24.3 Å². The molecule has 2 aromatic carbocycles. The number of nitrogens with zero attached hydrogens (tertiary/aromatic N) is 4. The highest BCUT2D eigenvalue weighted by molar-refractivity contribution is 6.30. The summed E-state index contributed by atoms with van der Waals surface area (Å²) in [5.41, 5.74) is 2.22. The van der Waals surface area contributed by atoms with Gasteiger partial charge in [0, 0.05) is 15.9 Å². The van der Waals surface area contributed by atoms with Gasteiger partial charge in [-0.3, -0.25) is 4.79 Å². The predicted octanol–water partition coefficient (Wildman–Crippen LogP) is 2.81. The Bertz CT molecular complexity index is 1100. The summed E-state index contributed by atoms with van der Waals surface area (Å²) in [5.74, 6) is 0. The van der Waals surface area contributed by atoms with Crippen molar-refractivity contribution in [2.75, 3.05) is 0 Å². The van der Waals surface area contributed by atoms with Crippen molar-refractivity contribution >= 4 is 39.8 Å². The third kappa shape index (κ3) is 2.39. The van der Waals surface area contributed by atoms with Crippen molar-refractivity contribution in [1.82, 2.24) is 20.1 Å².